The fourth-order valence-corrected chi connectivity index (χ4v) is 1.37. The monoisotopic (exact) mass is 212 g/mol. The molecule has 0 aromatic heterocycles. The van der Waals surface area contributed by atoms with Gasteiger partial charge in [-0.1, -0.05) is 36.4 Å². The Morgan fingerprint density at radius 1 is 1.19 bits per heavy atom. The molecule has 1 unspecified atom stereocenters. The van der Waals surface area contributed by atoms with E-state index in [1.165, 1.54) is 0 Å². The van der Waals surface area contributed by atoms with Crippen molar-refractivity contribution in [1.29, 1.82) is 0 Å². The van der Waals surface area contributed by atoms with Crippen LogP contribution in [-0.4, -0.2) is 12.0 Å². The van der Waals surface area contributed by atoms with Gasteiger partial charge in [0, 0.05) is 6.21 Å². The van der Waals surface area contributed by atoms with Crippen LogP contribution in [0.1, 0.15) is 0 Å². The van der Waals surface area contributed by atoms with Gasteiger partial charge in [-0.25, -0.2) is 0 Å². The van der Waals surface area contributed by atoms with Crippen molar-refractivity contribution in [2.45, 2.75) is 0 Å². The van der Waals surface area contributed by atoms with Crippen LogP contribution in [0, 0.1) is 5.92 Å². The van der Waals surface area contributed by atoms with E-state index >= 15 is 0 Å². The Hall–Kier alpha value is -2.16. The Labute approximate surface area is 94.2 Å². The summed E-state index contributed by atoms with van der Waals surface area (Å²) < 4.78 is 0. The van der Waals surface area contributed by atoms with Crippen LogP contribution in [0.3, 0.4) is 0 Å². The number of rotatable bonds is 3. The molecule has 0 spiro atoms. The second-order valence-electron chi connectivity index (χ2n) is 3.43. The van der Waals surface area contributed by atoms with Crippen molar-refractivity contribution < 1.29 is 4.79 Å². The highest BCUT2D eigenvalue weighted by atomic mass is 16.1. The zero-order valence-corrected chi connectivity index (χ0v) is 8.71. The molecule has 1 aromatic carbocycles. The molecular weight excluding hydrogens is 200 g/mol. The van der Waals surface area contributed by atoms with E-state index in [1.54, 1.807) is 18.4 Å². The van der Waals surface area contributed by atoms with Gasteiger partial charge in [0.05, 0.1) is 11.6 Å². The van der Waals surface area contributed by atoms with Gasteiger partial charge in [0.1, 0.15) is 0 Å². The van der Waals surface area contributed by atoms with Crippen LogP contribution in [0.25, 0.3) is 0 Å². The maximum absolute atomic E-state index is 11.4. The van der Waals surface area contributed by atoms with Gasteiger partial charge in [0.25, 0.3) is 0 Å². The molecule has 1 aliphatic rings. The van der Waals surface area contributed by atoms with Gasteiger partial charge < -0.3 is 0 Å². The third-order valence-electron chi connectivity index (χ3n) is 2.22. The Kier molecular flexibility index (Phi) is 3.28. The van der Waals surface area contributed by atoms with Gasteiger partial charge in [0.15, 0.2) is 5.78 Å². The molecule has 16 heavy (non-hydrogen) atoms. The number of hydrogen-bond acceptors (Lipinski definition) is 3. The van der Waals surface area contributed by atoms with E-state index in [0.29, 0.717) is 0 Å². The minimum atomic E-state index is -0.249. The van der Waals surface area contributed by atoms with Crippen molar-refractivity contribution in [3.8, 4) is 0 Å². The average Bonchev–Trinajstić information content (AvgIpc) is 2.33. The molecule has 1 aliphatic carbocycles. The highest BCUT2D eigenvalue weighted by Crippen LogP contribution is 2.07. The smallest absolute Gasteiger partial charge is 0.167 e. The van der Waals surface area contributed by atoms with Crippen molar-refractivity contribution in [1.82, 2.24) is 0 Å². The van der Waals surface area contributed by atoms with Crippen LogP contribution in [0.5, 0.6) is 0 Å². The number of para-hydroxylation sites is 1. The van der Waals surface area contributed by atoms with Crippen LogP contribution in [0.4, 0.5) is 5.69 Å². The first-order chi connectivity index (χ1) is 7.86. The molecule has 0 amide bonds. The van der Waals surface area contributed by atoms with E-state index in [-0.39, 0.29) is 11.7 Å². The Bertz CT molecular complexity index is 446. The van der Waals surface area contributed by atoms with Crippen LogP contribution in [0.2, 0.25) is 0 Å². The number of allylic oxidation sites excluding steroid dienone is 4. The van der Waals surface area contributed by atoms with E-state index in [1.807, 2.05) is 42.5 Å². The number of nitrogens with one attached hydrogen (secondary N) is 1. The highest BCUT2D eigenvalue weighted by Gasteiger charge is 2.11. The second kappa shape index (κ2) is 5.07. The number of anilines is 1. The minimum absolute atomic E-state index is 0.0566. The fourth-order valence-electron chi connectivity index (χ4n) is 1.37. The van der Waals surface area contributed by atoms with Gasteiger partial charge in [-0.15, -0.1) is 0 Å². The first-order valence-electron chi connectivity index (χ1n) is 5.09. The molecular formula is C13H12N2O. The predicted molar refractivity (Wildman–Crippen MR) is 65.3 cm³/mol. The Balaban J connectivity index is 1.93. The maximum atomic E-state index is 11.4. The van der Waals surface area contributed by atoms with E-state index in [0.717, 1.165) is 5.69 Å². The van der Waals surface area contributed by atoms with Gasteiger partial charge in [-0.3, -0.25) is 10.2 Å². The van der Waals surface area contributed by atoms with Crippen molar-refractivity contribution in [3.63, 3.8) is 0 Å². The van der Waals surface area contributed by atoms with Crippen molar-refractivity contribution in [2.75, 3.05) is 5.43 Å². The third kappa shape index (κ3) is 2.67. The standard InChI is InChI=1S/C13H12N2O/c16-13-9-5-4-6-11(13)10-14-15-12-7-2-1-3-8-12/h1-11,15H. The average molecular weight is 212 g/mol. The molecule has 80 valence electrons. The van der Waals surface area contributed by atoms with Crippen molar-refractivity contribution >= 4 is 17.7 Å². The lowest BCUT2D eigenvalue weighted by Crippen LogP contribution is -2.13. The normalized spacial score (nSPS) is 19.2. The first-order valence-corrected chi connectivity index (χ1v) is 5.09. The van der Waals surface area contributed by atoms with Crippen molar-refractivity contribution in [2.24, 2.45) is 11.0 Å². The van der Waals surface area contributed by atoms with Gasteiger partial charge in [0.2, 0.25) is 0 Å². The Morgan fingerprint density at radius 2 is 2.00 bits per heavy atom. The summed E-state index contributed by atoms with van der Waals surface area (Å²) in [5, 5.41) is 4.03. The molecule has 1 aromatic rings. The quantitative estimate of drug-likeness (QED) is 0.617. The predicted octanol–water partition coefficient (Wildman–Crippen LogP) is 2.40. The topological polar surface area (TPSA) is 41.5 Å². The zero-order chi connectivity index (χ0) is 11.2. The molecule has 0 saturated carbocycles. The zero-order valence-electron chi connectivity index (χ0n) is 8.71. The third-order valence-corrected chi connectivity index (χ3v) is 2.22. The fraction of sp³-hybridized carbons (Fsp3) is 0.0769. The molecule has 0 heterocycles. The van der Waals surface area contributed by atoms with E-state index in [4.69, 9.17) is 0 Å². The molecule has 2 rings (SSSR count). The summed E-state index contributed by atoms with van der Waals surface area (Å²) in [6.45, 7) is 0. The number of hydrazone groups is 1. The molecule has 3 heteroatoms. The number of benzene rings is 1. The summed E-state index contributed by atoms with van der Waals surface area (Å²) in [6.07, 6.45) is 8.56. The Morgan fingerprint density at radius 3 is 2.75 bits per heavy atom. The van der Waals surface area contributed by atoms with Gasteiger partial charge in [-0.2, -0.15) is 5.10 Å². The number of nitrogens with zero attached hydrogens (tertiary/aromatic N) is 1. The number of ketones is 1. The molecule has 0 radical (unpaired) electrons. The lowest BCUT2D eigenvalue weighted by Gasteiger charge is -2.05. The maximum Gasteiger partial charge on any atom is 0.167 e. The van der Waals surface area contributed by atoms with Gasteiger partial charge in [-0.05, 0) is 18.2 Å². The van der Waals surface area contributed by atoms with E-state index in [2.05, 4.69) is 10.5 Å². The summed E-state index contributed by atoms with van der Waals surface area (Å²) in [7, 11) is 0. The SMILES string of the molecule is O=C1C=CC=CC1C=NNc1ccccc1. The first kappa shape index (κ1) is 10.4. The van der Waals surface area contributed by atoms with Crippen LogP contribution < -0.4 is 5.43 Å². The second-order valence-corrected chi connectivity index (χ2v) is 3.43. The van der Waals surface area contributed by atoms with E-state index < -0.39 is 0 Å². The van der Waals surface area contributed by atoms with Gasteiger partial charge >= 0.3 is 0 Å². The molecule has 0 aliphatic heterocycles. The summed E-state index contributed by atoms with van der Waals surface area (Å²) in [6, 6.07) is 9.61. The summed E-state index contributed by atoms with van der Waals surface area (Å²) in [4.78, 5) is 11.4. The van der Waals surface area contributed by atoms with E-state index in [9.17, 15) is 4.79 Å². The molecule has 0 bridgehead atoms. The number of carbonyl (C=O) groups is 1. The molecule has 0 saturated heterocycles. The van der Waals surface area contributed by atoms with Crippen molar-refractivity contribution in [3.05, 3.63) is 54.6 Å². The van der Waals surface area contributed by atoms with Crippen LogP contribution in [0.15, 0.2) is 59.7 Å². The summed E-state index contributed by atoms with van der Waals surface area (Å²) >= 11 is 0. The lowest BCUT2D eigenvalue weighted by molar-refractivity contribution is -0.115. The summed E-state index contributed by atoms with van der Waals surface area (Å²) in [5.74, 6) is -0.192. The summed E-state index contributed by atoms with van der Waals surface area (Å²) in [5.41, 5.74) is 3.78. The lowest BCUT2D eigenvalue weighted by atomic mass is 10.0. The molecule has 1 N–H and O–H groups in total. The van der Waals surface area contributed by atoms with Crippen LogP contribution in [-0.2, 0) is 4.79 Å². The number of hydrogen-bond donors (Lipinski definition) is 1. The molecule has 1 atom stereocenters. The highest BCUT2D eigenvalue weighted by molar-refractivity contribution is 6.04. The molecule has 3 nitrogen and oxygen atoms in total. The number of carbonyl (C=O) groups excluding carboxylic acids is 1. The molecule has 0 fully saturated rings. The minimum Gasteiger partial charge on any atom is -0.294 e. The largest absolute Gasteiger partial charge is 0.294 e. The van der Waals surface area contributed by atoms with Crippen LogP contribution >= 0.6 is 0 Å².